The van der Waals surface area contributed by atoms with Crippen LogP contribution in [0.3, 0.4) is 0 Å². The summed E-state index contributed by atoms with van der Waals surface area (Å²) in [5, 5.41) is 5.47. The van der Waals surface area contributed by atoms with E-state index in [9.17, 15) is 18.4 Å². The Labute approximate surface area is 174 Å². The summed E-state index contributed by atoms with van der Waals surface area (Å²) in [6.07, 6.45) is 0. The maximum Gasteiger partial charge on any atom is 0.343 e. The molecule has 0 bridgehead atoms. The minimum atomic E-state index is -0.903. The van der Waals surface area contributed by atoms with Gasteiger partial charge < -0.3 is 20.1 Å². The second-order valence-electron chi connectivity index (χ2n) is 6.08. The highest BCUT2D eigenvalue weighted by atomic mass is 35.5. The maximum atomic E-state index is 13.7. The van der Waals surface area contributed by atoms with Gasteiger partial charge in [-0.25, -0.2) is 23.4 Å². The number of esters is 1. The van der Waals surface area contributed by atoms with E-state index in [4.69, 9.17) is 21.1 Å². The van der Waals surface area contributed by atoms with Crippen molar-refractivity contribution < 1.29 is 27.8 Å². The molecule has 0 spiro atoms. The molecule has 2 aromatic carbocycles. The standard InChI is InChI=1S/C20H16ClF2N3O4/c1-29-18-13(19(27)30-2)8-10-6-12(21)7-11(16(10)25-18)9-24-20(28)26-17-14(22)4-3-5-15(17)23/h3-8H,9H2,1-2H3,(H2,24,26,28). The highest BCUT2D eigenvalue weighted by Gasteiger charge is 2.18. The molecule has 10 heteroatoms. The van der Waals surface area contributed by atoms with Gasteiger partial charge in [0.1, 0.15) is 22.9 Å². The normalized spacial score (nSPS) is 10.6. The van der Waals surface area contributed by atoms with Crippen molar-refractivity contribution in [2.75, 3.05) is 19.5 Å². The Morgan fingerprint density at radius 3 is 2.47 bits per heavy atom. The van der Waals surface area contributed by atoms with Crippen molar-refractivity contribution in [3.8, 4) is 5.88 Å². The molecule has 0 saturated carbocycles. The van der Waals surface area contributed by atoms with Crippen molar-refractivity contribution in [3.63, 3.8) is 0 Å². The first-order valence-electron chi connectivity index (χ1n) is 8.58. The fraction of sp³-hybridized carbons (Fsp3) is 0.150. The number of hydrogen-bond acceptors (Lipinski definition) is 5. The number of nitrogens with one attached hydrogen (secondary N) is 2. The molecule has 2 N–H and O–H groups in total. The summed E-state index contributed by atoms with van der Waals surface area (Å²) < 4.78 is 37.3. The number of carbonyl (C=O) groups is 2. The molecule has 0 aliphatic carbocycles. The molecule has 1 aromatic heterocycles. The number of methoxy groups -OCH3 is 2. The summed E-state index contributed by atoms with van der Waals surface area (Å²) in [4.78, 5) is 28.4. The van der Waals surface area contributed by atoms with Crippen molar-refractivity contribution in [3.05, 3.63) is 64.2 Å². The largest absolute Gasteiger partial charge is 0.480 e. The van der Waals surface area contributed by atoms with Gasteiger partial charge in [-0.05, 0) is 35.9 Å². The van der Waals surface area contributed by atoms with Crippen molar-refractivity contribution in [2.24, 2.45) is 0 Å². The van der Waals surface area contributed by atoms with Crippen molar-refractivity contribution in [1.82, 2.24) is 10.3 Å². The average molecular weight is 436 g/mol. The van der Waals surface area contributed by atoms with E-state index >= 15 is 0 Å². The van der Waals surface area contributed by atoms with Gasteiger partial charge in [0.2, 0.25) is 5.88 Å². The van der Waals surface area contributed by atoms with E-state index in [0.717, 1.165) is 12.1 Å². The number of fused-ring (bicyclic) bond motifs is 1. The predicted octanol–water partition coefficient (Wildman–Crippen LogP) is 4.28. The monoisotopic (exact) mass is 435 g/mol. The number of aromatic nitrogens is 1. The summed E-state index contributed by atoms with van der Waals surface area (Å²) in [7, 11) is 2.58. The van der Waals surface area contributed by atoms with Crippen LogP contribution in [-0.4, -0.2) is 31.2 Å². The van der Waals surface area contributed by atoms with Crippen LogP contribution < -0.4 is 15.4 Å². The van der Waals surface area contributed by atoms with Crippen molar-refractivity contribution in [2.45, 2.75) is 6.54 Å². The topological polar surface area (TPSA) is 89.5 Å². The predicted molar refractivity (Wildman–Crippen MR) is 107 cm³/mol. The van der Waals surface area contributed by atoms with E-state index in [2.05, 4.69) is 15.6 Å². The first-order chi connectivity index (χ1) is 14.3. The molecule has 1 heterocycles. The number of ether oxygens (including phenoxy) is 2. The Kier molecular flexibility index (Phi) is 6.31. The maximum absolute atomic E-state index is 13.7. The number of pyridine rings is 1. The molecule has 0 radical (unpaired) electrons. The third-order valence-electron chi connectivity index (χ3n) is 4.17. The van der Waals surface area contributed by atoms with Gasteiger partial charge in [-0.1, -0.05) is 17.7 Å². The van der Waals surface area contributed by atoms with E-state index in [1.807, 2.05) is 0 Å². The van der Waals surface area contributed by atoms with E-state index in [0.29, 0.717) is 21.5 Å². The van der Waals surface area contributed by atoms with Crippen LogP contribution in [0.25, 0.3) is 10.9 Å². The molecular weight excluding hydrogens is 420 g/mol. The van der Waals surface area contributed by atoms with Crippen LogP contribution in [0.2, 0.25) is 5.02 Å². The summed E-state index contributed by atoms with van der Waals surface area (Å²) in [5.41, 5.74) is 0.465. The van der Waals surface area contributed by atoms with E-state index in [1.165, 1.54) is 26.4 Å². The fourth-order valence-electron chi connectivity index (χ4n) is 2.80. The smallest absolute Gasteiger partial charge is 0.343 e. The highest BCUT2D eigenvalue weighted by molar-refractivity contribution is 6.31. The van der Waals surface area contributed by atoms with Crippen LogP contribution in [0.4, 0.5) is 19.3 Å². The van der Waals surface area contributed by atoms with Crippen LogP contribution in [0.15, 0.2) is 36.4 Å². The average Bonchev–Trinajstić information content (AvgIpc) is 2.73. The lowest BCUT2D eigenvalue weighted by molar-refractivity contribution is 0.0596. The zero-order valence-corrected chi connectivity index (χ0v) is 16.6. The lowest BCUT2D eigenvalue weighted by atomic mass is 10.1. The molecule has 0 fully saturated rings. The first-order valence-corrected chi connectivity index (χ1v) is 8.96. The van der Waals surface area contributed by atoms with Gasteiger partial charge in [0.25, 0.3) is 0 Å². The molecule has 2 amide bonds. The minimum absolute atomic E-state index is 0.0378. The van der Waals surface area contributed by atoms with Crippen LogP contribution >= 0.6 is 11.6 Å². The van der Waals surface area contributed by atoms with E-state index in [1.54, 1.807) is 12.1 Å². The summed E-state index contributed by atoms with van der Waals surface area (Å²) in [5.74, 6) is -2.40. The molecule has 30 heavy (non-hydrogen) atoms. The molecule has 0 unspecified atom stereocenters. The third kappa shape index (κ3) is 4.41. The van der Waals surface area contributed by atoms with E-state index in [-0.39, 0.29) is 18.0 Å². The lowest BCUT2D eigenvalue weighted by Gasteiger charge is -2.13. The van der Waals surface area contributed by atoms with Gasteiger partial charge in [-0.15, -0.1) is 0 Å². The number of hydrogen-bond donors (Lipinski definition) is 2. The van der Waals surface area contributed by atoms with Gasteiger partial charge in [-0.3, -0.25) is 0 Å². The number of benzene rings is 2. The number of para-hydroxylation sites is 1. The lowest BCUT2D eigenvalue weighted by Crippen LogP contribution is -2.29. The number of amides is 2. The summed E-state index contributed by atoms with van der Waals surface area (Å²) >= 11 is 6.15. The number of rotatable bonds is 5. The van der Waals surface area contributed by atoms with E-state index < -0.39 is 29.3 Å². The van der Waals surface area contributed by atoms with Gasteiger partial charge in [0.15, 0.2) is 0 Å². The third-order valence-corrected chi connectivity index (χ3v) is 4.38. The van der Waals surface area contributed by atoms with Crippen LogP contribution in [0.5, 0.6) is 5.88 Å². The zero-order valence-electron chi connectivity index (χ0n) is 15.9. The summed E-state index contributed by atoms with van der Waals surface area (Å²) in [6.45, 7) is -0.0628. The SMILES string of the molecule is COC(=O)c1cc2cc(Cl)cc(CNC(=O)Nc3c(F)cccc3F)c2nc1OC. The molecule has 0 atom stereocenters. The van der Waals surface area contributed by atoms with Gasteiger partial charge in [0, 0.05) is 17.0 Å². The Bertz CT molecular complexity index is 1120. The number of anilines is 1. The van der Waals surface area contributed by atoms with Crippen molar-refractivity contribution in [1.29, 1.82) is 0 Å². The van der Waals surface area contributed by atoms with Gasteiger partial charge in [0.05, 0.1) is 19.7 Å². The minimum Gasteiger partial charge on any atom is -0.480 e. The van der Waals surface area contributed by atoms with Gasteiger partial charge in [-0.2, -0.15) is 0 Å². The van der Waals surface area contributed by atoms with Crippen molar-refractivity contribution >= 4 is 40.2 Å². The molecule has 0 saturated heterocycles. The molecule has 3 aromatic rings. The highest BCUT2D eigenvalue weighted by Crippen LogP contribution is 2.28. The molecular formula is C20H16ClF2N3O4. The second-order valence-corrected chi connectivity index (χ2v) is 6.51. The summed E-state index contributed by atoms with van der Waals surface area (Å²) in [6, 6.07) is 7.08. The van der Waals surface area contributed by atoms with Crippen LogP contribution in [-0.2, 0) is 11.3 Å². The Morgan fingerprint density at radius 2 is 1.83 bits per heavy atom. The number of carbonyl (C=O) groups excluding carboxylic acids is 2. The molecule has 0 aliphatic heterocycles. The fourth-order valence-corrected chi connectivity index (χ4v) is 3.05. The molecule has 7 nitrogen and oxygen atoms in total. The molecule has 3 rings (SSSR count). The Balaban J connectivity index is 1.88. The van der Waals surface area contributed by atoms with Crippen LogP contribution in [0, 0.1) is 11.6 Å². The van der Waals surface area contributed by atoms with Crippen LogP contribution in [0.1, 0.15) is 15.9 Å². The number of nitrogens with zero attached hydrogens (tertiary/aromatic N) is 1. The molecule has 156 valence electrons. The Morgan fingerprint density at radius 1 is 1.13 bits per heavy atom. The van der Waals surface area contributed by atoms with Gasteiger partial charge >= 0.3 is 12.0 Å². The molecule has 0 aliphatic rings. The zero-order chi connectivity index (χ0) is 21.8. The number of urea groups is 1. The number of halogens is 3. The quantitative estimate of drug-likeness (QED) is 0.584. The second kappa shape index (κ2) is 8.91. The first kappa shape index (κ1) is 21.3. The Hall–Kier alpha value is -3.46.